The van der Waals surface area contributed by atoms with E-state index in [9.17, 15) is 14.9 Å². The minimum atomic E-state index is -0.481. The number of carbonyl (C=O) groups is 1. The van der Waals surface area contributed by atoms with Crippen LogP contribution in [-0.2, 0) is 11.2 Å². The summed E-state index contributed by atoms with van der Waals surface area (Å²) < 4.78 is 0.803. The van der Waals surface area contributed by atoms with E-state index in [4.69, 9.17) is 11.6 Å². The first-order valence-corrected chi connectivity index (χ1v) is 7.11. The number of rotatable bonds is 4. The third-order valence-corrected chi connectivity index (χ3v) is 3.54. The molecular formula is C14H10BrClN2O3. The van der Waals surface area contributed by atoms with Gasteiger partial charge in [0.25, 0.3) is 5.69 Å². The third kappa shape index (κ3) is 4.27. The quantitative estimate of drug-likeness (QED) is 0.648. The number of benzene rings is 2. The second-order valence-corrected chi connectivity index (χ2v) is 5.60. The zero-order valence-corrected chi connectivity index (χ0v) is 13.0. The van der Waals surface area contributed by atoms with Gasteiger partial charge in [0.15, 0.2) is 0 Å². The number of nitro benzene ring substituents is 1. The fourth-order valence-corrected chi connectivity index (χ4v) is 2.23. The van der Waals surface area contributed by atoms with Gasteiger partial charge in [-0.3, -0.25) is 14.9 Å². The summed E-state index contributed by atoms with van der Waals surface area (Å²) in [5, 5.41) is 13.7. The molecule has 2 aromatic rings. The van der Waals surface area contributed by atoms with Gasteiger partial charge in [0.05, 0.1) is 22.1 Å². The summed E-state index contributed by atoms with van der Waals surface area (Å²) in [6.07, 6.45) is 0.112. The molecule has 0 bridgehead atoms. The molecule has 0 atom stereocenters. The molecule has 0 heterocycles. The normalized spacial score (nSPS) is 10.2. The smallest absolute Gasteiger partial charge is 0.269 e. The van der Waals surface area contributed by atoms with Gasteiger partial charge in [-0.25, -0.2) is 0 Å². The van der Waals surface area contributed by atoms with Crippen LogP contribution in [0.2, 0.25) is 5.02 Å². The maximum absolute atomic E-state index is 11.9. The molecule has 0 aliphatic heterocycles. The lowest BCUT2D eigenvalue weighted by Gasteiger charge is -2.07. The minimum Gasteiger partial charge on any atom is -0.324 e. The highest BCUT2D eigenvalue weighted by molar-refractivity contribution is 9.10. The number of nitrogens with one attached hydrogen (secondary N) is 1. The van der Waals surface area contributed by atoms with Crippen LogP contribution in [0.1, 0.15) is 5.56 Å². The first kappa shape index (κ1) is 15.5. The number of non-ortho nitro benzene ring substituents is 1. The van der Waals surface area contributed by atoms with Crippen LogP contribution in [0.5, 0.6) is 0 Å². The van der Waals surface area contributed by atoms with E-state index in [0.717, 1.165) is 4.47 Å². The molecule has 0 saturated carbocycles. The molecule has 0 aliphatic rings. The second kappa shape index (κ2) is 6.69. The van der Waals surface area contributed by atoms with Crippen LogP contribution in [0.15, 0.2) is 46.9 Å². The van der Waals surface area contributed by atoms with Crippen molar-refractivity contribution in [3.05, 3.63) is 67.6 Å². The number of halogens is 2. The summed E-state index contributed by atoms with van der Waals surface area (Å²) >= 11 is 9.29. The van der Waals surface area contributed by atoms with E-state index in [1.807, 2.05) is 0 Å². The molecule has 21 heavy (non-hydrogen) atoms. The van der Waals surface area contributed by atoms with E-state index in [0.29, 0.717) is 16.3 Å². The zero-order chi connectivity index (χ0) is 15.4. The Morgan fingerprint density at radius 2 is 1.90 bits per heavy atom. The lowest BCUT2D eigenvalue weighted by Crippen LogP contribution is -2.14. The lowest BCUT2D eigenvalue weighted by molar-refractivity contribution is -0.384. The van der Waals surface area contributed by atoms with E-state index < -0.39 is 4.92 Å². The molecule has 0 spiro atoms. The predicted octanol–water partition coefficient (Wildman–Crippen LogP) is 4.19. The predicted molar refractivity (Wildman–Crippen MR) is 84.6 cm³/mol. The van der Waals surface area contributed by atoms with E-state index in [1.165, 1.54) is 12.1 Å². The maximum atomic E-state index is 11.9. The Morgan fingerprint density at radius 3 is 2.52 bits per heavy atom. The Bertz CT molecular complexity index is 689. The van der Waals surface area contributed by atoms with Gasteiger partial charge in [-0.15, -0.1) is 0 Å². The summed E-state index contributed by atoms with van der Waals surface area (Å²) in [6.45, 7) is 0. The molecule has 2 rings (SSSR count). The molecule has 1 N–H and O–H groups in total. The van der Waals surface area contributed by atoms with Gasteiger partial charge in [0, 0.05) is 16.6 Å². The first-order valence-electron chi connectivity index (χ1n) is 5.94. The van der Waals surface area contributed by atoms with E-state index >= 15 is 0 Å². The van der Waals surface area contributed by atoms with E-state index in [1.54, 1.807) is 30.3 Å². The van der Waals surface area contributed by atoms with Crippen molar-refractivity contribution in [1.29, 1.82) is 0 Å². The molecule has 0 unspecified atom stereocenters. The van der Waals surface area contributed by atoms with Crippen LogP contribution in [0.4, 0.5) is 11.4 Å². The Morgan fingerprint density at radius 1 is 1.24 bits per heavy atom. The van der Waals surface area contributed by atoms with Gasteiger partial charge in [-0.1, -0.05) is 39.7 Å². The number of amides is 1. The average molecular weight is 370 g/mol. The largest absolute Gasteiger partial charge is 0.324 e. The van der Waals surface area contributed by atoms with Crippen molar-refractivity contribution in [3.63, 3.8) is 0 Å². The maximum Gasteiger partial charge on any atom is 0.269 e. The lowest BCUT2D eigenvalue weighted by atomic mass is 10.1. The number of hydrogen-bond acceptors (Lipinski definition) is 3. The van der Waals surface area contributed by atoms with Crippen LogP contribution in [0, 0.1) is 10.1 Å². The fraction of sp³-hybridized carbons (Fsp3) is 0.0714. The summed E-state index contributed by atoms with van der Waals surface area (Å²) in [4.78, 5) is 22.0. The second-order valence-electron chi connectivity index (χ2n) is 4.27. The molecule has 7 heteroatoms. The SMILES string of the molecule is O=C(Cc1ccc([N+](=O)[O-])cc1)Nc1cc(Br)ccc1Cl. The van der Waals surface area contributed by atoms with Gasteiger partial charge < -0.3 is 5.32 Å². The van der Waals surface area contributed by atoms with E-state index in [2.05, 4.69) is 21.2 Å². The molecule has 108 valence electrons. The summed E-state index contributed by atoms with van der Waals surface area (Å²) in [5.41, 5.74) is 1.19. The highest BCUT2D eigenvalue weighted by Crippen LogP contribution is 2.25. The zero-order valence-electron chi connectivity index (χ0n) is 10.7. The average Bonchev–Trinajstić information content (AvgIpc) is 2.43. The monoisotopic (exact) mass is 368 g/mol. The highest BCUT2D eigenvalue weighted by atomic mass is 79.9. The summed E-state index contributed by atoms with van der Waals surface area (Å²) in [5.74, 6) is -0.246. The van der Waals surface area contributed by atoms with Crippen molar-refractivity contribution in [1.82, 2.24) is 0 Å². The molecule has 1 amide bonds. The van der Waals surface area contributed by atoms with Crippen LogP contribution in [0.25, 0.3) is 0 Å². The van der Waals surface area contributed by atoms with Gasteiger partial charge in [-0.05, 0) is 23.8 Å². The Balaban J connectivity index is 2.04. The Hall–Kier alpha value is -1.92. The van der Waals surface area contributed by atoms with Gasteiger partial charge in [0.1, 0.15) is 0 Å². The number of carbonyl (C=O) groups excluding carboxylic acids is 1. The molecule has 0 radical (unpaired) electrons. The molecule has 0 saturated heterocycles. The fourth-order valence-electron chi connectivity index (χ4n) is 1.71. The summed E-state index contributed by atoms with van der Waals surface area (Å²) in [7, 11) is 0. The van der Waals surface area contributed by atoms with Crippen molar-refractivity contribution < 1.29 is 9.72 Å². The van der Waals surface area contributed by atoms with Crippen LogP contribution >= 0.6 is 27.5 Å². The van der Waals surface area contributed by atoms with Crippen LogP contribution < -0.4 is 5.32 Å². The molecular weight excluding hydrogens is 360 g/mol. The molecule has 0 aromatic heterocycles. The number of anilines is 1. The van der Waals surface area contributed by atoms with Crippen molar-refractivity contribution >= 4 is 44.8 Å². The number of nitro groups is 1. The Kier molecular flexibility index (Phi) is 4.93. The molecule has 0 fully saturated rings. The van der Waals surface area contributed by atoms with Gasteiger partial charge in [0.2, 0.25) is 5.91 Å². The molecule has 5 nitrogen and oxygen atoms in total. The third-order valence-electron chi connectivity index (χ3n) is 2.71. The number of nitrogens with zero attached hydrogens (tertiary/aromatic N) is 1. The van der Waals surface area contributed by atoms with Crippen LogP contribution in [0.3, 0.4) is 0 Å². The van der Waals surface area contributed by atoms with Crippen molar-refractivity contribution in [2.45, 2.75) is 6.42 Å². The highest BCUT2D eigenvalue weighted by Gasteiger charge is 2.09. The standard InChI is InChI=1S/C14H10BrClN2O3/c15-10-3-6-12(16)13(8-10)17-14(19)7-9-1-4-11(5-2-9)18(20)21/h1-6,8H,7H2,(H,17,19). The molecule has 2 aromatic carbocycles. The van der Waals surface area contributed by atoms with Crippen molar-refractivity contribution in [2.24, 2.45) is 0 Å². The first-order chi connectivity index (χ1) is 9.95. The van der Waals surface area contributed by atoms with Crippen molar-refractivity contribution in [2.75, 3.05) is 5.32 Å². The van der Waals surface area contributed by atoms with E-state index in [-0.39, 0.29) is 18.0 Å². The van der Waals surface area contributed by atoms with Crippen LogP contribution in [-0.4, -0.2) is 10.8 Å². The number of hydrogen-bond donors (Lipinski definition) is 1. The molecule has 0 aliphatic carbocycles. The van der Waals surface area contributed by atoms with Gasteiger partial charge in [-0.2, -0.15) is 0 Å². The topological polar surface area (TPSA) is 72.2 Å². The minimum absolute atomic E-state index is 0.00538. The van der Waals surface area contributed by atoms with Gasteiger partial charge >= 0.3 is 0 Å². The summed E-state index contributed by atoms with van der Waals surface area (Å²) in [6, 6.07) is 11.0. The Labute approximate surface area is 134 Å². The van der Waals surface area contributed by atoms with Crippen molar-refractivity contribution in [3.8, 4) is 0 Å².